The van der Waals surface area contributed by atoms with Crippen molar-refractivity contribution >= 4 is 29.1 Å². The van der Waals surface area contributed by atoms with Crippen LogP contribution in [-0.4, -0.2) is 91.1 Å². The fourth-order valence-corrected chi connectivity index (χ4v) is 5.85. The summed E-state index contributed by atoms with van der Waals surface area (Å²) < 4.78 is 32.7. The lowest BCUT2D eigenvalue weighted by Crippen LogP contribution is -2.47. The quantitative estimate of drug-likeness (QED) is 0.117. The molecule has 0 atom stereocenters. The van der Waals surface area contributed by atoms with Crippen molar-refractivity contribution < 1.29 is 28.2 Å². The van der Waals surface area contributed by atoms with Crippen molar-refractivity contribution in [1.82, 2.24) is 25.1 Å². The van der Waals surface area contributed by atoms with E-state index in [9.17, 15) is 9.59 Å². The lowest BCUT2D eigenvalue weighted by atomic mass is 10.1. The number of para-hydroxylation sites is 1. The molecule has 1 aliphatic heterocycles. The minimum atomic E-state index is -0.536. The fourth-order valence-electron chi connectivity index (χ4n) is 5.85. The van der Waals surface area contributed by atoms with Crippen LogP contribution < -0.4 is 30.2 Å². The van der Waals surface area contributed by atoms with Gasteiger partial charge in [0.25, 0.3) is 11.8 Å². The Bertz CT molecular complexity index is 1830. The SMILES string of the molecule is CCCNC(=O)c1ccc(Oc2nc(Nc3ccc(OCCN4CCN(CCC)CC4)c(F)c3)ncc2C(=O)Nc2c(C)cccc2C)c(OC)c1. The number of halogens is 1. The first-order valence-electron chi connectivity index (χ1n) is 17.7. The Morgan fingerprint density at radius 3 is 2.25 bits per heavy atom. The monoisotopic (exact) mass is 713 g/mol. The van der Waals surface area contributed by atoms with Crippen molar-refractivity contribution in [3.63, 3.8) is 0 Å². The molecule has 2 heterocycles. The first-order chi connectivity index (χ1) is 25.2. The molecule has 52 heavy (non-hydrogen) atoms. The summed E-state index contributed by atoms with van der Waals surface area (Å²) in [5.41, 5.74) is 3.22. The molecule has 1 aromatic heterocycles. The van der Waals surface area contributed by atoms with Gasteiger partial charge < -0.3 is 35.1 Å². The van der Waals surface area contributed by atoms with Crippen LogP contribution in [0.2, 0.25) is 0 Å². The van der Waals surface area contributed by atoms with Crippen molar-refractivity contribution in [3.8, 4) is 23.1 Å². The minimum absolute atomic E-state index is 0.0433. The fraction of sp³-hybridized carbons (Fsp3) is 0.385. The Morgan fingerprint density at radius 2 is 1.58 bits per heavy atom. The summed E-state index contributed by atoms with van der Waals surface area (Å²) in [6, 6.07) is 15.0. The standard InChI is InChI=1S/C39H48FN7O5/c1-6-15-41-36(48)28-11-13-33(34(23-28)50-5)52-38-30(37(49)44-35-26(3)9-8-10-27(35)4)25-42-39(45-38)43-29-12-14-32(31(40)24-29)51-22-21-47-19-17-46(16-7-2)18-20-47/h8-14,23-25H,6-7,15-22H2,1-5H3,(H,41,48)(H,44,49)(H,42,43,45). The van der Waals surface area contributed by atoms with Gasteiger partial charge in [0.2, 0.25) is 11.8 Å². The maximum absolute atomic E-state index is 15.2. The number of hydrogen-bond acceptors (Lipinski definition) is 10. The number of ether oxygens (including phenoxy) is 3. The lowest BCUT2D eigenvalue weighted by molar-refractivity contribution is 0.0952. The number of benzene rings is 3. The molecular weight excluding hydrogens is 665 g/mol. The molecule has 0 saturated carbocycles. The van der Waals surface area contributed by atoms with Crippen LogP contribution in [0.5, 0.6) is 23.1 Å². The molecule has 5 rings (SSSR count). The number of carbonyl (C=O) groups is 2. The third-order valence-electron chi connectivity index (χ3n) is 8.74. The highest BCUT2D eigenvalue weighted by atomic mass is 19.1. The highest BCUT2D eigenvalue weighted by molar-refractivity contribution is 6.06. The van der Waals surface area contributed by atoms with E-state index in [-0.39, 0.29) is 40.5 Å². The van der Waals surface area contributed by atoms with Crippen molar-refractivity contribution in [1.29, 1.82) is 0 Å². The summed E-state index contributed by atoms with van der Waals surface area (Å²) in [4.78, 5) is 39.9. The van der Waals surface area contributed by atoms with E-state index in [0.717, 1.165) is 63.2 Å². The number of aryl methyl sites for hydroxylation is 2. The molecule has 0 unspecified atom stereocenters. The number of nitrogens with zero attached hydrogens (tertiary/aromatic N) is 4. The van der Waals surface area contributed by atoms with Gasteiger partial charge in [0.1, 0.15) is 12.2 Å². The van der Waals surface area contributed by atoms with Crippen molar-refractivity contribution in [3.05, 3.63) is 88.9 Å². The average Bonchev–Trinajstić information content (AvgIpc) is 3.14. The molecule has 276 valence electrons. The van der Waals surface area contributed by atoms with Crippen LogP contribution in [0.25, 0.3) is 0 Å². The molecule has 2 amide bonds. The number of nitrogens with one attached hydrogen (secondary N) is 3. The normalized spacial score (nSPS) is 13.3. The first kappa shape index (κ1) is 38.0. The summed E-state index contributed by atoms with van der Waals surface area (Å²) in [6.07, 6.45) is 3.28. The van der Waals surface area contributed by atoms with Gasteiger partial charge >= 0.3 is 0 Å². The molecular formula is C39H48FN7O5. The van der Waals surface area contributed by atoms with Crippen LogP contribution in [0.3, 0.4) is 0 Å². The zero-order valence-electron chi connectivity index (χ0n) is 30.6. The topological polar surface area (TPSA) is 130 Å². The molecule has 0 spiro atoms. The van der Waals surface area contributed by atoms with Crippen LogP contribution in [0.1, 0.15) is 58.5 Å². The highest BCUT2D eigenvalue weighted by Crippen LogP contribution is 2.34. The zero-order chi connectivity index (χ0) is 37.0. The van der Waals surface area contributed by atoms with E-state index in [1.165, 1.54) is 19.4 Å². The number of amides is 2. The largest absolute Gasteiger partial charge is 0.493 e. The third-order valence-corrected chi connectivity index (χ3v) is 8.74. The molecule has 3 aromatic carbocycles. The van der Waals surface area contributed by atoms with Crippen LogP contribution in [0.4, 0.5) is 21.7 Å². The van der Waals surface area contributed by atoms with Gasteiger partial charge in [0.05, 0.1) is 7.11 Å². The third kappa shape index (κ3) is 9.95. The van der Waals surface area contributed by atoms with Gasteiger partial charge in [-0.05, 0) is 74.7 Å². The summed E-state index contributed by atoms with van der Waals surface area (Å²) in [7, 11) is 1.45. The van der Waals surface area contributed by atoms with E-state index in [0.29, 0.717) is 30.1 Å². The summed E-state index contributed by atoms with van der Waals surface area (Å²) in [5.74, 6) is -0.681. The molecule has 3 N–H and O–H groups in total. The Morgan fingerprint density at radius 1 is 0.865 bits per heavy atom. The Kier molecular flexibility index (Phi) is 13.4. The maximum atomic E-state index is 15.2. The van der Waals surface area contributed by atoms with Crippen molar-refractivity contribution in [2.24, 2.45) is 0 Å². The molecule has 12 nitrogen and oxygen atoms in total. The molecule has 1 aliphatic rings. The van der Waals surface area contributed by atoms with Crippen LogP contribution in [0.15, 0.2) is 60.8 Å². The van der Waals surface area contributed by atoms with Crippen LogP contribution in [0, 0.1) is 19.7 Å². The second-order valence-electron chi connectivity index (χ2n) is 12.7. The molecule has 1 saturated heterocycles. The van der Waals surface area contributed by atoms with Gasteiger partial charge in [-0.15, -0.1) is 0 Å². The number of anilines is 3. The Hall–Kier alpha value is -5.27. The number of carbonyl (C=O) groups excluding carboxylic acids is 2. The van der Waals surface area contributed by atoms with E-state index < -0.39 is 11.7 Å². The van der Waals surface area contributed by atoms with Crippen LogP contribution >= 0.6 is 0 Å². The van der Waals surface area contributed by atoms with E-state index in [2.05, 4.69) is 42.6 Å². The molecule has 13 heteroatoms. The van der Waals surface area contributed by atoms with Gasteiger partial charge in [-0.3, -0.25) is 14.5 Å². The number of hydrogen-bond donors (Lipinski definition) is 3. The molecule has 4 aromatic rings. The number of piperazine rings is 1. The molecule has 0 bridgehead atoms. The molecule has 0 radical (unpaired) electrons. The maximum Gasteiger partial charge on any atom is 0.262 e. The minimum Gasteiger partial charge on any atom is -0.493 e. The number of methoxy groups -OCH3 is 1. The predicted octanol–water partition coefficient (Wildman–Crippen LogP) is 6.58. The van der Waals surface area contributed by atoms with Crippen molar-refractivity contribution in [2.45, 2.75) is 40.5 Å². The second kappa shape index (κ2) is 18.3. The summed E-state index contributed by atoms with van der Waals surface area (Å²) in [5, 5.41) is 8.79. The van der Waals surface area contributed by atoms with E-state index in [4.69, 9.17) is 14.2 Å². The Labute approximate surface area is 304 Å². The van der Waals surface area contributed by atoms with E-state index >= 15 is 4.39 Å². The van der Waals surface area contributed by atoms with Crippen LogP contribution in [-0.2, 0) is 0 Å². The smallest absolute Gasteiger partial charge is 0.262 e. The molecule has 0 aliphatic carbocycles. The predicted molar refractivity (Wildman–Crippen MR) is 200 cm³/mol. The highest BCUT2D eigenvalue weighted by Gasteiger charge is 2.22. The van der Waals surface area contributed by atoms with Gasteiger partial charge in [-0.1, -0.05) is 32.0 Å². The number of rotatable bonds is 16. The molecule has 1 fully saturated rings. The van der Waals surface area contributed by atoms with Gasteiger partial charge in [0.15, 0.2) is 23.1 Å². The van der Waals surface area contributed by atoms with Crippen molar-refractivity contribution in [2.75, 3.05) is 70.2 Å². The van der Waals surface area contributed by atoms with Gasteiger partial charge in [0, 0.05) is 68.5 Å². The van der Waals surface area contributed by atoms with E-state index in [1.807, 2.05) is 39.0 Å². The average molecular weight is 714 g/mol. The zero-order valence-corrected chi connectivity index (χ0v) is 30.6. The number of aromatic nitrogens is 2. The lowest BCUT2D eigenvalue weighted by Gasteiger charge is -2.34. The second-order valence-corrected chi connectivity index (χ2v) is 12.7. The Balaban J connectivity index is 1.33. The summed E-state index contributed by atoms with van der Waals surface area (Å²) >= 11 is 0. The summed E-state index contributed by atoms with van der Waals surface area (Å²) in [6.45, 7) is 14.7. The van der Waals surface area contributed by atoms with Gasteiger partial charge in [-0.25, -0.2) is 9.37 Å². The first-order valence-corrected chi connectivity index (χ1v) is 17.7. The van der Waals surface area contributed by atoms with Gasteiger partial charge in [-0.2, -0.15) is 4.98 Å². The van der Waals surface area contributed by atoms with E-state index in [1.54, 1.807) is 30.3 Å².